The van der Waals surface area contributed by atoms with Crippen LogP contribution in [-0.4, -0.2) is 32.1 Å². The van der Waals surface area contributed by atoms with Gasteiger partial charge in [0.05, 0.1) is 0 Å². The Bertz CT molecular complexity index is 594. The fourth-order valence-corrected chi connectivity index (χ4v) is 2.81. The Balaban J connectivity index is 1.55. The quantitative estimate of drug-likeness (QED) is 0.863. The molecule has 110 valence electrons. The molecule has 5 heteroatoms. The van der Waals surface area contributed by atoms with Crippen molar-refractivity contribution in [3.05, 3.63) is 48.0 Å². The molecule has 2 heterocycles. The van der Waals surface area contributed by atoms with E-state index in [0.717, 1.165) is 38.9 Å². The van der Waals surface area contributed by atoms with Crippen molar-refractivity contribution in [3.8, 4) is 0 Å². The summed E-state index contributed by atoms with van der Waals surface area (Å²) in [6, 6.07) is 8.44. The standard InChI is InChI=1S/C16H20N4O/c21-16(8-4-10-20-13-17-12-18-20)19-9-3-7-14-5-1-2-6-15(14)11-19/h1-2,5-6,12-13H,3-4,7-11H2. The number of hydrogen-bond acceptors (Lipinski definition) is 3. The van der Waals surface area contributed by atoms with E-state index in [9.17, 15) is 4.79 Å². The molecule has 1 aliphatic heterocycles. The van der Waals surface area contributed by atoms with Crippen molar-refractivity contribution in [2.75, 3.05) is 6.54 Å². The molecule has 1 aromatic heterocycles. The van der Waals surface area contributed by atoms with Gasteiger partial charge in [0.1, 0.15) is 12.7 Å². The lowest BCUT2D eigenvalue weighted by atomic mass is 10.0. The topological polar surface area (TPSA) is 51.0 Å². The van der Waals surface area contributed by atoms with E-state index in [1.807, 2.05) is 4.90 Å². The van der Waals surface area contributed by atoms with Crippen molar-refractivity contribution >= 4 is 5.91 Å². The number of carbonyl (C=O) groups is 1. The summed E-state index contributed by atoms with van der Waals surface area (Å²) in [4.78, 5) is 18.3. The molecule has 1 amide bonds. The van der Waals surface area contributed by atoms with Crippen LogP contribution in [0.3, 0.4) is 0 Å². The average Bonchev–Trinajstić information content (AvgIpc) is 2.91. The fraction of sp³-hybridized carbons (Fsp3) is 0.438. The molecule has 0 N–H and O–H groups in total. The lowest BCUT2D eigenvalue weighted by molar-refractivity contribution is -0.131. The van der Waals surface area contributed by atoms with Gasteiger partial charge in [-0.05, 0) is 30.4 Å². The molecular formula is C16H20N4O. The Hall–Kier alpha value is -2.17. The summed E-state index contributed by atoms with van der Waals surface area (Å²) in [5.74, 6) is 0.242. The molecule has 0 fully saturated rings. The SMILES string of the molecule is O=C(CCCn1cncn1)N1CCCc2ccccc2C1. The molecule has 5 nitrogen and oxygen atoms in total. The summed E-state index contributed by atoms with van der Waals surface area (Å²) in [6.45, 7) is 2.35. The molecule has 0 spiro atoms. The van der Waals surface area contributed by atoms with E-state index in [1.165, 1.54) is 17.5 Å². The first-order chi connectivity index (χ1) is 10.3. The predicted molar refractivity (Wildman–Crippen MR) is 79.4 cm³/mol. The monoisotopic (exact) mass is 284 g/mol. The number of rotatable bonds is 4. The maximum atomic E-state index is 12.4. The van der Waals surface area contributed by atoms with E-state index < -0.39 is 0 Å². The lowest BCUT2D eigenvalue weighted by Gasteiger charge is -2.21. The van der Waals surface area contributed by atoms with Crippen LogP contribution in [0.1, 0.15) is 30.4 Å². The van der Waals surface area contributed by atoms with Crippen LogP contribution in [-0.2, 0) is 24.3 Å². The highest BCUT2D eigenvalue weighted by atomic mass is 16.2. The smallest absolute Gasteiger partial charge is 0.222 e. The van der Waals surface area contributed by atoms with Gasteiger partial charge in [-0.15, -0.1) is 0 Å². The highest BCUT2D eigenvalue weighted by molar-refractivity contribution is 5.76. The molecule has 0 unspecified atom stereocenters. The molecule has 0 saturated carbocycles. The molecule has 0 bridgehead atoms. The summed E-state index contributed by atoms with van der Waals surface area (Å²) in [7, 11) is 0. The second-order valence-corrected chi connectivity index (χ2v) is 5.45. The minimum atomic E-state index is 0.242. The van der Waals surface area contributed by atoms with Crippen LogP contribution in [0.2, 0.25) is 0 Å². The second kappa shape index (κ2) is 6.52. The van der Waals surface area contributed by atoms with Crippen molar-refractivity contribution in [2.24, 2.45) is 0 Å². The Morgan fingerprint density at radius 3 is 2.90 bits per heavy atom. The van der Waals surface area contributed by atoms with Crippen molar-refractivity contribution in [1.82, 2.24) is 19.7 Å². The summed E-state index contributed by atoms with van der Waals surface area (Å²) in [5.41, 5.74) is 2.68. The van der Waals surface area contributed by atoms with Gasteiger partial charge in [0.15, 0.2) is 0 Å². The lowest BCUT2D eigenvalue weighted by Crippen LogP contribution is -2.30. The number of carbonyl (C=O) groups excluding carboxylic acids is 1. The Morgan fingerprint density at radius 2 is 2.10 bits per heavy atom. The minimum Gasteiger partial charge on any atom is -0.338 e. The van der Waals surface area contributed by atoms with Gasteiger partial charge in [0.25, 0.3) is 0 Å². The first-order valence-electron chi connectivity index (χ1n) is 7.50. The summed E-state index contributed by atoms with van der Waals surface area (Å²) < 4.78 is 1.77. The van der Waals surface area contributed by atoms with Gasteiger partial charge in [0, 0.05) is 26.1 Å². The van der Waals surface area contributed by atoms with Crippen molar-refractivity contribution in [3.63, 3.8) is 0 Å². The summed E-state index contributed by atoms with van der Waals surface area (Å²) >= 11 is 0. The molecule has 1 aliphatic rings. The zero-order valence-electron chi connectivity index (χ0n) is 12.1. The van der Waals surface area contributed by atoms with Crippen molar-refractivity contribution < 1.29 is 4.79 Å². The van der Waals surface area contributed by atoms with Gasteiger partial charge in [0.2, 0.25) is 5.91 Å². The largest absolute Gasteiger partial charge is 0.338 e. The van der Waals surface area contributed by atoms with Crippen molar-refractivity contribution in [1.29, 1.82) is 0 Å². The maximum Gasteiger partial charge on any atom is 0.222 e. The van der Waals surface area contributed by atoms with Crippen LogP contribution >= 0.6 is 0 Å². The second-order valence-electron chi connectivity index (χ2n) is 5.45. The third kappa shape index (κ3) is 3.48. The van der Waals surface area contributed by atoms with E-state index in [4.69, 9.17) is 0 Å². The van der Waals surface area contributed by atoms with E-state index in [2.05, 4.69) is 34.3 Å². The fourth-order valence-electron chi connectivity index (χ4n) is 2.81. The van der Waals surface area contributed by atoms with Crippen LogP contribution in [0, 0.1) is 0 Å². The molecule has 0 radical (unpaired) electrons. The molecule has 2 aromatic rings. The number of nitrogens with zero attached hydrogens (tertiary/aromatic N) is 4. The molecule has 0 aliphatic carbocycles. The Kier molecular flexibility index (Phi) is 4.28. The summed E-state index contributed by atoms with van der Waals surface area (Å²) in [6.07, 6.45) is 6.70. The van der Waals surface area contributed by atoms with E-state index in [0.29, 0.717) is 6.42 Å². The third-order valence-corrected chi connectivity index (χ3v) is 3.95. The minimum absolute atomic E-state index is 0.242. The van der Waals surface area contributed by atoms with Crippen LogP contribution in [0.4, 0.5) is 0 Å². The Morgan fingerprint density at radius 1 is 1.24 bits per heavy atom. The first kappa shape index (κ1) is 13.8. The van der Waals surface area contributed by atoms with Gasteiger partial charge in [-0.3, -0.25) is 9.48 Å². The number of fused-ring (bicyclic) bond motifs is 1. The van der Waals surface area contributed by atoms with Gasteiger partial charge in [-0.2, -0.15) is 5.10 Å². The zero-order chi connectivity index (χ0) is 14.5. The van der Waals surface area contributed by atoms with Gasteiger partial charge < -0.3 is 4.90 Å². The van der Waals surface area contributed by atoms with E-state index in [-0.39, 0.29) is 5.91 Å². The highest BCUT2D eigenvalue weighted by Gasteiger charge is 2.18. The molecule has 3 rings (SSSR count). The molecule has 0 saturated heterocycles. The van der Waals surface area contributed by atoms with E-state index >= 15 is 0 Å². The normalized spacial score (nSPS) is 14.6. The molecule has 21 heavy (non-hydrogen) atoms. The number of aromatic nitrogens is 3. The van der Waals surface area contributed by atoms with Crippen LogP contribution in [0.15, 0.2) is 36.9 Å². The predicted octanol–water partition coefficient (Wildman–Crippen LogP) is 2.03. The number of aryl methyl sites for hydroxylation is 2. The number of benzene rings is 1. The molecule has 1 aromatic carbocycles. The van der Waals surface area contributed by atoms with Crippen molar-refractivity contribution in [2.45, 2.75) is 38.8 Å². The maximum absolute atomic E-state index is 12.4. The number of amides is 1. The average molecular weight is 284 g/mol. The first-order valence-corrected chi connectivity index (χ1v) is 7.50. The summed E-state index contributed by atoms with van der Waals surface area (Å²) in [5, 5.41) is 4.05. The van der Waals surface area contributed by atoms with Gasteiger partial charge in [-0.25, -0.2) is 4.98 Å². The van der Waals surface area contributed by atoms with Crippen LogP contribution in [0.25, 0.3) is 0 Å². The van der Waals surface area contributed by atoms with Crippen LogP contribution < -0.4 is 0 Å². The van der Waals surface area contributed by atoms with E-state index in [1.54, 1.807) is 11.0 Å². The number of hydrogen-bond donors (Lipinski definition) is 0. The molecule has 0 atom stereocenters. The zero-order valence-corrected chi connectivity index (χ0v) is 12.1. The highest BCUT2D eigenvalue weighted by Crippen LogP contribution is 2.19. The van der Waals surface area contributed by atoms with Gasteiger partial charge in [-0.1, -0.05) is 24.3 Å². The molecular weight excluding hydrogens is 264 g/mol. The third-order valence-electron chi connectivity index (χ3n) is 3.95. The Labute approximate surface area is 124 Å². The van der Waals surface area contributed by atoms with Gasteiger partial charge >= 0.3 is 0 Å². The van der Waals surface area contributed by atoms with Crippen LogP contribution in [0.5, 0.6) is 0 Å².